The first-order valence-electron chi connectivity index (χ1n) is 4.72. The Hall–Kier alpha value is -1.90. The fourth-order valence-corrected chi connectivity index (χ4v) is 1.72. The third kappa shape index (κ3) is 1.81. The minimum absolute atomic E-state index is 0.101. The minimum atomic E-state index is -0.947. The molecular formula is C12H10O3. The van der Waals surface area contributed by atoms with Gasteiger partial charge in [-0.1, -0.05) is 36.4 Å². The van der Waals surface area contributed by atoms with Gasteiger partial charge in [0.2, 0.25) is 0 Å². The molecule has 1 aromatic rings. The van der Waals surface area contributed by atoms with E-state index in [2.05, 4.69) is 0 Å². The summed E-state index contributed by atoms with van der Waals surface area (Å²) in [6, 6.07) is 7.22. The topological polar surface area (TPSA) is 54.4 Å². The predicted molar refractivity (Wildman–Crippen MR) is 55.5 cm³/mol. The first-order valence-corrected chi connectivity index (χ1v) is 4.72. The molecule has 0 heterocycles. The number of rotatable bonds is 2. The molecule has 0 saturated heterocycles. The van der Waals surface area contributed by atoms with Crippen LogP contribution in [0, 0.1) is 5.92 Å². The van der Waals surface area contributed by atoms with Crippen molar-refractivity contribution in [2.75, 3.05) is 0 Å². The number of carbonyl (C=O) groups excluding carboxylic acids is 1. The van der Waals surface area contributed by atoms with Crippen LogP contribution in [-0.2, 0) is 4.79 Å². The lowest BCUT2D eigenvalue weighted by molar-refractivity contribution is -0.137. The molecule has 76 valence electrons. The summed E-state index contributed by atoms with van der Waals surface area (Å²) in [6.07, 6.45) is 3.34. The zero-order valence-corrected chi connectivity index (χ0v) is 8.01. The fraction of sp³-hybridized carbons (Fsp3) is 0.167. The van der Waals surface area contributed by atoms with Gasteiger partial charge in [0.25, 0.3) is 0 Å². The number of allylic oxidation sites excluding steroid dienone is 1. The molecule has 3 heteroatoms. The van der Waals surface area contributed by atoms with Crippen molar-refractivity contribution in [2.45, 2.75) is 6.42 Å². The van der Waals surface area contributed by atoms with E-state index in [1.807, 2.05) is 18.2 Å². The van der Waals surface area contributed by atoms with Gasteiger partial charge in [0.1, 0.15) is 0 Å². The van der Waals surface area contributed by atoms with Crippen molar-refractivity contribution in [1.29, 1.82) is 0 Å². The maximum Gasteiger partial charge on any atom is 0.304 e. The van der Waals surface area contributed by atoms with Crippen molar-refractivity contribution in [3.05, 3.63) is 41.5 Å². The molecule has 3 nitrogen and oxygen atoms in total. The smallest absolute Gasteiger partial charge is 0.304 e. The number of benzene rings is 1. The zero-order valence-electron chi connectivity index (χ0n) is 8.01. The Kier molecular flexibility index (Phi) is 2.37. The quantitative estimate of drug-likeness (QED) is 0.797. The fourth-order valence-electron chi connectivity index (χ4n) is 1.72. The summed E-state index contributed by atoms with van der Waals surface area (Å²) < 4.78 is 0. The highest BCUT2D eigenvalue weighted by Crippen LogP contribution is 2.24. The second-order valence-corrected chi connectivity index (χ2v) is 3.51. The van der Waals surface area contributed by atoms with E-state index in [9.17, 15) is 9.59 Å². The van der Waals surface area contributed by atoms with E-state index in [0.717, 1.165) is 5.56 Å². The monoisotopic (exact) mass is 202 g/mol. The van der Waals surface area contributed by atoms with Crippen LogP contribution < -0.4 is 0 Å². The van der Waals surface area contributed by atoms with Gasteiger partial charge in [-0.15, -0.1) is 0 Å². The molecule has 1 atom stereocenters. The van der Waals surface area contributed by atoms with Crippen molar-refractivity contribution >= 4 is 17.8 Å². The van der Waals surface area contributed by atoms with Crippen molar-refractivity contribution in [1.82, 2.24) is 0 Å². The Bertz CT molecular complexity index is 446. The van der Waals surface area contributed by atoms with Gasteiger partial charge in [-0.2, -0.15) is 0 Å². The normalized spacial score (nSPS) is 18.7. The van der Waals surface area contributed by atoms with Gasteiger partial charge < -0.3 is 5.11 Å². The number of carboxylic acids is 1. The molecule has 0 aliphatic heterocycles. The Morgan fingerprint density at radius 1 is 1.33 bits per heavy atom. The molecule has 0 bridgehead atoms. The summed E-state index contributed by atoms with van der Waals surface area (Å²) in [5.41, 5.74) is 1.48. The SMILES string of the molecule is O=C(O)CC1C=Cc2ccccc2C1=O. The first-order chi connectivity index (χ1) is 7.18. The lowest BCUT2D eigenvalue weighted by Gasteiger charge is -2.16. The molecule has 1 unspecified atom stereocenters. The summed E-state index contributed by atoms with van der Waals surface area (Å²) in [5.74, 6) is -1.56. The minimum Gasteiger partial charge on any atom is -0.481 e. The van der Waals surface area contributed by atoms with E-state index in [1.54, 1.807) is 18.2 Å². The van der Waals surface area contributed by atoms with E-state index in [-0.39, 0.29) is 12.2 Å². The van der Waals surface area contributed by atoms with Gasteiger partial charge in [0.15, 0.2) is 5.78 Å². The van der Waals surface area contributed by atoms with E-state index < -0.39 is 11.9 Å². The Morgan fingerprint density at radius 2 is 2.07 bits per heavy atom. The van der Waals surface area contributed by atoms with Gasteiger partial charge in [-0.25, -0.2) is 0 Å². The first kappa shape index (κ1) is 9.65. The van der Waals surface area contributed by atoms with Crippen molar-refractivity contribution < 1.29 is 14.7 Å². The number of hydrogen-bond donors (Lipinski definition) is 1. The second kappa shape index (κ2) is 3.69. The van der Waals surface area contributed by atoms with E-state index in [1.165, 1.54) is 0 Å². The molecule has 0 saturated carbocycles. The molecule has 1 aromatic carbocycles. The Morgan fingerprint density at radius 3 is 2.80 bits per heavy atom. The summed E-state index contributed by atoms with van der Waals surface area (Å²) in [7, 11) is 0. The summed E-state index contributed by atoms with van der Waals surface area (Å²) in [6.45, 7) is 0. The van der Waals surface area contributed by atoms with Gasteiger partial charge in [-0.05, 0) is 5.56 Å². The predicted octanol–water partition coefficient (Wildman–Crippen LogP) is 1.99. The van der Waals surface area contributed by atoms with Crippen LogP contribution in [0.1, 0.15) is 22.3 Å². The van der Waals surface area contributed by atoms with Gasteiger partial charge in [0.05, 0.1) is 12.3 Å². The van der Waals surface area contributed by atoms with Crippen molar-refractivity contribution in [2.24, 2.45) is 5.92 Å². The van der Waals surface area contributed by atoms with Crippen LogP contribution in [0.3, 0.4) is 0 Å². The van der Waals surface area contributed by atoms with Crippen LogP contribution in [-0.4, -0.2) is 16.9 Å². The summed E-state index contributed by atoms with van der Waals surface area (Å²) in [4.78, 5) is 22.4. The number of Topliss-reactive ketones (excluding diaryl/α,β-unsaturated/α-hetero) is 1. The van der Waals surface area contributed by atoms with E-state index in [4.69, 9.17) is 5.11 Å². The van der Waals surface area contributed by atoms with Crippen molar-refractivity contribution in [3.8, 4) is 0 Å². The van der Waals surface area contributed by atoms with E-state index >= 15 is 0 Å². The van der Waals surface area contributed by atoms with Gasteiger partial charge >= 0.3 is 5.97 Å². The van der Waals surface area contributed by atoms with E-state index in [0.29, 0.717) is 5.56 Å². The lowest BCUT2D eigenvalue weighted by Crippen LogP contribution is -2.19. The zero-order chi connectivity index (χ0) is 10.8. The van der Waals surface area contributed by atoms with Crippen molar-refractivity contribution in [3.63, 3.8) is 0 Å². The number of carbonyl (C=O) groups is 2. The highest BCUT2D eigenvalue weighted by Gasteiger charge is 2.24. The maximum atomic E-state index is 11.8. The lowest BCUT2D eigenvalue weighted by atomic mass is 9.86. The van der Waals surface area contributed by atoms with Crippen LogP contribution in [0.25, 0.3) is 6.08 Å². The number of aliphatic carboxylic acids is 1. The largest absolute Gasteiger partial charge is 0.481 e. The van der Waals surface area contributed by atoms with Crippen LogP contribution in [0.4, 0.5) is 0 Å². The molecule has 0 aromatic heterocycles. The van der Waals surface area contributed by atoms with Crippen LogP contribution in [0.2, 0.25) is 0 Å². The standard InChI is InChI=1S/C12H10O3/c13-11(14)7-9-6-5-8-3-1-2-4-10(8)12(9)15/h1-6,9H,7H2,(H,13,14). The maximum absolute atomic E-state index is 11.8. The molecule has 15 heavy (non-hydrogen) atoms. The van der Waals surface area contributed by atoms with Gasteiger partial charge in [0, 0.05) is 5.56 Å². The third-order valence-corrected chi connectivity index (χ3v) is 2.47. The average molecular weight is 202 g/mol. The Balaban J connectivity index is 2.33. The third-order valence-electron chi connectivity index (χ3n) is 2.47. The van der Waals surface area contributed by atoms with Crippen LogP contribution in [0.5, 0.6) is 0 Å². The van der Waals surface area contributed by atoms with Crippen LogP contribution >= 0.6 is 0 Å². The number of fused-ring (bicyclic) bond motifs is 1. The second-order valence-electron chi connectivity index (χ2n) is 3.51. The molecule has 1 aliphatic rings. The molecule has 1 aliphatic carbocycles. The summed E-state index contributed by atoms with van der Waals surface area (Å²) in [5, 5.41) is 8.65. The highest BCUT2D eigenvalue weighted by molar-refractivity contribution is 6.05. The molecule has 0 spiro atoms. The Labute approximate surface area is 87.0 Å². The molecule has 2 rings (SSSR count). The molecule has 0 radical (unpaired) electrons. The van der Waals surface area contributed by atoms with Crippen LogP contribution in [0.15, 0.2) is 30.3 Å². The highest BCUT2D eigenvalue weighted by atomic mass is 16.4. The number of hydrogen-bond acceptors (Lipinski definition) is 2. The van der Waals surface area contributed by atoms with Gasteiger partial charge in [-0.3, -0.25) is 9.59 Å². The average Bonchev–Trinajstić information content (AvgIpc) is 2.22. The number of ketones is 1. The molecule has 1 N–H and O–H groups in total. The molecule has 0 fully saturated rings. The summed E-state index contributed by atoms with van der Waals surface area (Å²) >= 11 is 0. The molecular weight excluding hydrogens is 192 g/mol. The molecule has 0 amide bonds. The number of carboxylic acid groups (broad SMARTS) is 1.